The molecular formula is C50H72N3PSi2. The first-order chi connectivity index (χ1) is 26.1. The molecule has 0 N–H and O–H groups in total. The summed E-state index contributed by atoms with van der Waals surface area (Å²) < 4.78 is 3.12. The lowest BCUT2D eigenvalue weighted by Gasteiger charge is -2.45. The van der Waals surface area contributed by atoms with Crippen molar-refractivity contribution in [2.45, 2.75) is 154 Å². The standard InChI is InChI=1S/C50H72N3PSi2/c1-30(2)42-22-20-23-43(31(3)4)48(42)53(56(17,18)19)55(50-51(32(5)6)40(15)41(16)52(50)33(7)8)54-49-44(46-36(11)26-34(9)27-37(46)12)24-21-25-45(49)47-38(13)28-35(10)29-39(47)14/h20-33,54H,1-19H3. The second-order valence-corrected chi connectivity index (χ2v) is 28.5. The molecule has 0 aliphatic carbocycles. The topological polar surface area (TPSA) is 9.72 Å². The summed E-state index contributed by atoms with van der Waals surface area (Å²) in [6, 6.07) is 24.7. The lowest BCUT2D eigenvalue weighted by atomic mass is 9.89. The molecule has 0 spiro atoms. The molecule has 1 heterocycles. The van der Waals surface area contributed by atoms with Crippen LogP contribution < -0.4 is 9.54 Å². The first-order valence-corrected chi connectivity index (χ1v) is 28.0. The Morgan fingerprint density at radius 1 is 0.554 bits per heavy atom. The van der Waals surface area contributed by atoms with E-state index in [1.54, 1.807) is 5.42 Å². The van der Waals surface area contributed by atoms with Crippen LogP contribution in [-0.2, 0) is 0 Å². The van der Waals surface area contributed by atoms with Gasteiger partial charge in [0.2, 0.25) is 8.24 Å². The van der Waals surface area contributed by atoms with Crippen LogP contribution in [0.5, 0.6) is 0 Å². The predicted molar refractivity (Wildman–Crippen MR) is 257 cm³/mol. The summed E-state index contributed by atoms with van der Waals surface area (Å²) in [6.07, 6.45) is 0. The fourth-order valence-electron chi connectivity index (χ4n) is 9.47. The number of nitrogens with zero attached hydrogens (tertiary/aromatic N) is 3. The number of para-hydroxylation sites is 1. The Balaban J connectivity index is 2.07. The Morgan fingerprint density at radius 2 is 0.911 bits per heavy atom. The molecule has 0 fully saturated rings. The number of allylic oxidation sites excluding steroid dienone is 2. The Labute approximate surface area is 346 Å². The summed E-state index contributed by atoms with van der Waals surface area (Å²) in [4.78, 5) is 5.51. The van der Waals surface area contributed by atoms with Gasteiger partial charge >= 0.3 is 0 Å². The van der Waals surface area contributed by atoms with Crippen LogP contribution in [0.15, 0.2) is 72.1 Å². The van der Waals surface area contributed by atoms with E-state index >= 15 is 0 Å². The molecule has 3 nitrogen and oxygen atoms in total. The van der Waals surface area contributed by atoms with Gasteiger partial charge < -0.3 is 14.0 Å². The van der Waals surface area contributed by atoms with Crippen LogP contribution in [0, 0.1) is 41.5 Å². The van der Waals surface area contributed by atoms with Crippen molar-refractivity contribution in [1.82, 2.24) is 9.80 Å². The van der Waals surface area contributed by atoms with E-state index in [-0.39, 0.29) is 0 Å². The molecule has 0 aromatic heterocycles. The summed E-state index contributed by atoms with van der Waals surface area (Å²) >= 11 is 0. The SMILES string of the molecule is CC1=C(C)N(C(C)C)C(=[Si](Pc2c(-c3c(C)cc(C)cc3C)cccc2-c2c(C)cc(C)cc2C)N(c2c(C(C)C)cccc2C(C)C)[Si](C)(C)C)N1C(C)C. The molecule has 1 atom stereocenters. The minimum atomic E-state index is -2.10. The van der Waals surface area contributed by atoms with Crippen molar-refractivity contribution in [1.29, 1.82) is 0 Å². The number of aryl methyl sites for hydroxylation is 6. The van der Waals surface area contributed by atoms with Gasteiger partial charge in [-0.05, 0) is 156 Å². The second-order valence-electron chi connectivity index (χ2n) is 18.8. The summed E-state index contributed by atoms with van der Waals surface area (Å²) in [5.41, 5.74) is 22.5. The maximum Gasteiger partial charge on any atom is 0.201 e. The van der Waals surface area contributed by atoms with E-state index in [1.165, 1.54) is 89.1 Å². The fraction of sp³-hybridized carbons (Fsp3) is 0.460. The molecular weight excluding hydrogens is 730 g/mol. The van der Waals surface area contributed by atoms with Crippen molar-refractivity contribution >= 4 is 41.0 Å². The molecule has 0 radical (unpaired) electrons. The maximum atomic E-state index is 3.12. The highest BCUT2D eigenvalue weighted by atomic mass is 31.3. The Bertz CT molecular complexity index is 2010. The van der Waals surface area contributed by atoms with Gasteiger partial charge in [-0.25, -0.2) is 0 Å². The Morgan fingerprint density at radius 3 is 1.23 bits per heavy atom. The molecule has 56 heavy (non-hydrogen) atoms. The summed E-state index contributed by atoms with van der Waals surface area (Å²) in [5, 5.41) is 1.52. The molecule has 1 aliphatic rings. The Hall–Kier alpha value is -3.25. The van der Waals surface area contributed by atoms with Crippen LogP contribution in [-0.4, -0.2) is 43.8 Å². The number of anilines is 1. The van der Waals surface area contributed by atoms with Crippen molar-refractivity contribution in [3.63, 3.8) is 0 Å². The highest BCUT2D eigenvalue weighted by molar-refractivity contribution is 7.83. The van der Waals surface area contributed by atoms with Crippen molar-refractivity contribution in [3.8, 4) is 22.3 Å². The molecule has 6 heteroatoms. The third-order valence-electron chi connectivity index (χ3n) is 11.6. The van der Waals surface area contributed by atoms with E-state index in [1.807, 2.05) is 0 Å². The van der Waals surface area contributed by atoms with Gasteiger partial charge in [-0.15, -0.1) is 0 Å². The fourth-order valence-corrected chi connectivity index (χ4v) is 23.3. The van der Waals surface area contributed by atoms with Crippen molar-refractivity contribution in [2.24, 2.45) is 0 Å². The van der Waals surface area contributed by atoms with Gasteiger partial charge in [0.05, 0.1) is 0 Å². The maximum absolute atomic E-state index is 3.12. The summed E-state index contributed by atoms with van der Waals surface area (Å²) in [6.45, 7) is 45.6. The lowest BCUT2D eigenvalue weighted by Crippen LogP contribution is -2.58. The van der Waals surface area contributed by atoms with Crippen LogP contribution >= 0.6 is 8.13 Å². The monoisotopic (exact) mass is 802 g/mol. The number of benzene rings is 4. The zero-order valence-corrected chi connectivity index (χ0v) is 41.4. The van der Waals surface area contributed by atoms with Crippen LogP contribution in [0.2, 0.25) is 19.6 Å². The third-order valence-corrected chi connectivity index (χ3v) is 21.9. The third kappa shape index (κ3) is 8.34. The second kappa shape index (κ2) is 16.9. The van der Waals surface area contributed by atoms with Crippen molar-refractivity contribution in [2.75, 3.05) is 4.23 Å². The molecule has 0 bridgehead atoms. The molecule has 5 rings (SSSR count). The molecule has 0 saturated carbocycles. The molecule has 1 unspecified atom stereocenters. The van der Waals surface area contributed by atoms with E-state index in [0.717, 1.165) is 0 Å². The van der Waals surface area contributed by atoms with E-state index < -0.39 is 16.5 Å². The molecule has 300 valence electrons. The smallest absolute Gasteiger partial charge is 0.201 e. The van der Waals surface area contributed by atoms with E-state index in [4.69, 9.17) is 0 Å². The first-order valence-electron chi connectivity index (χ1n) is 21.1. The van der Waals surface area contributed by atoms with E-state index in [9.17, 15) is 0 Å². The minimum Gasteiger partial charge on any atom is -0.399 e. The van der Waals surface area contributed by atoms with Gasteiger partial charge in [-0.1, -0.05) is 127 Å². The highest BCUT2D eigenvalue weighted by Crippen LogP contribution is 2.44. The molecule has 0 saturated heterocycles. The van der Waals surface area contributed by atoms with Gasteiger partial charge in [0.15, 0.2) is 0 Å². The van der Waals surface area contributed by atoms with Crippen molar-refractivity contribution in [3.05, 3.63) is 117 Å². The summed E-state index contributed by atoms with van der Waals surface area (Å²) in [7, 11) is -3.09. The van der Waals surface area contributed by atoms with Crippen LogP contribution in [0.25, 0.3) is 22.3 Å². The summed E-state index contributed by atoms with van der Waals surface area (Å²) in [5.74, 6) is 0.815. The minimum absolute atomic E-state index is 0.333. The number of hydrogen-bond donors (Lipinski definition) is 0. The van der Waals surface area contributed by atoms with Gasteiger partial charge in [0, 0.05) is 29.2 Å². The molecule has 1 aliphatic heterocycles. The normalized spacial score (nSPS) is 14.0. The van der Waals surface area contributed by atoms with Gasteiger partial charge in [-0.2, -0.15) is 0 Å². The first kappa shape index (κ1) is 43.9. The zero-order chi connectivity index (χ0) is 41.7. The Kier molecular flexibility index (Phi) is 13.3. The quantitative estimate of drug-likeness (QED) is 0.110. The molecule has 0 amide bonds. The van der Waals surface area contributed by atoms with E-state index in [2.05, 4.69) is 205 Å². The zero-order valence-electron chi connectivity index (χ0n) is 38.4. The average Bonchev–Trinajstić information content (AvgIpc) is 3.33. The van der Waals surface area contributed by atoms with E-state index in [0.29, 0.717) is 32.0 Å². The van der Waals surface area contributed by atoms with Gasteiger partial charge in [0.25, 0.3) is 0 Å². The molecule has 4 aromatic rings. The predicted octanol–water partition coefficient (Wildman–Crippen LogP) is 13.6. The number of rotatable bonds is 11. The van der Waals surface area contributed by atoms with Crippen LogP contribution in [0.1, 0.15) is 126 Å². The number of hydrogen-bond acceptors (Lipinski definition) is 3. The largest absolute Gasteiger partial charge is 0.399 e. The lowest BCUT2D eigenvalue weighted by molar-refractivity contribution is 0.386. The van der Waals surface area contributed by atoms with Gasteiger partial charge in [0.1, 0.15) is 13.7 Å². The van der Waals surface area contributed by atoms with Crippen LogP contribution in [0.3, 0.4) is 0 Å². The highest BCUT2D eigenvalue weighted by Gasteiger charge is 2.42. The molecule has 4 aromatic carbocycles. The average molecular weight is 802 g/mol. The van der Waals surface area contributed by atoms with Crippen molar-refractivity contribution < 1.29 is 0 Å². The van der Waals surface area contributed by atoms with Gasteiger partial charge in [-0.3, -0.25) is 0 Å². The van der Waals surface area contributed by atoms with Crippen LogP contribution in [0.4, 0.5) is 5.69 Å².